The fourth-order valence-electron chi connectivity index (χ4n) is 2.30. The van der Waals surface area contributed by atoms with E-state index in [4.69, 9.17) is 0 Å². The first kappa shape index (κ1) is 20.6. The minimum absolute atomic E-state index is 0.104. The van der Waals surface area contributed by atoms with Crippen LogP contribution in [0.4, 0.5) is 8.78 Å². The molecule has 146 valence electrons. The Morgan fingerprint density at radius 1 is 1.07 bits per heavy atom. The van der Waals surface area contributed by atoms with Gasteiger partial charge in [0, 0.05) is 32.0 Å². The maximum atomic E-state index is 12.5. The molecule has 0 saturated carbocycles. The minimum Gasteiger partial charge on any atom is -0.434 e. The molecule has 0 aliphatic heterocycles. The van der Waals surface area contributed by atoms with Crippen LogP contribution in [0.15, 0.2) is 58.4 Å². The van der Waals surface area contributed by atoms with Crippen LogP contribution in [0, 0.1) is 0 Å². The van der Waals surface area contributed by atoms with E-state index >= 15 is 0 Å². The molecule has 0 fully saturated rings. The summed E-state index contributed by atoms with van der Waals surface area (Å²) in [5, 5.41) is 6.10. The Morgan fingerprint density at radius 2 is 1.70 bits per heavy atom. The van der Waals surface area contributed by atoms with Gasteiger partial charge in [-0.25, -0.2) is 8.42 Å². The Morgan fingerprint density at radius 3 is 2.30 bits per heavy atom. The van der Waals surface area contributed by atoms with Gasteiger partial charge in [-0.05, 0) is 23.8 Å². The second-order valence-corrected chi connectivity index (χ2v) is 7.70. The molecule has 2 aromatic carbocycles. The van der Waals surface area contributed by atoms with E-state index in [1.807, 2.05) is 0 Å². The molecule has 0 bridgehead atoms. The zero-order valence-electron chi connectivity index (χ0n) is 14.9. The second kappa shape index (κ2) is 9.31. The summed E-state index contributed by atoms with van der Waals surface area (Å²) in [5.74, 6) is 0.570. The summed E-state index contributed by atoms with van der Waals surface area (Å²) in [6, 6.07) is 13.0. The minimum atomic E-state index is -3.23. The third-order valence-corrected chi connectivity index (χ3v) is 4.80. The third-order valence-electron chi connectivity index (χ3n) is 3.67. The molecule has 0 aromatic heterocycles. The van der Waals surface area contributed by atoms with Crippen molar-refractivity contribution in [3.8, 4) is 5.75 Å². The lowest BCUT2D eigenvalue weighted by Crippen LogP contribution is -2.36. The average Bonchev–Trinajstić information content (AvgIpc) is 2.62. The first-order valence-corrected chi connectivity index (χ1v) is 9.95. The summed E-state index contributed by atoms with van der Waals surface area (Å²) in [6.45, 7) is -2.23. The van der Waals surface area contributed by atoms with Crippen LogP contribution in [-0.2, 0) is 22.9 Å². The number of alkyl halides is 2. The SMILES string of the molecule is CN=C(NCc1ccc(S(C)(=O)=O)cc1)NCc1ccccc1OC(F)F. The van der Waals surface area contributed by atoms with Crippen LogP contribution in [0.5, 0.6) is 5.75 Å². The molecule has 6 nitrogen and oxygen atoms in total. The van der Waals surface area contributed by atoms with Crippen molar-refractivity contribution in [2.75, 3.05) is 13.3 Å². The maximum Gasteiger partial charge on any atom is 0.387 e. The van der Waals surface area contributed by atoms with Gasteiger partial charge in [0.05, 0.1) is 4.90 Å². The van der Waals surface area contributed by atoms with E-state index < -0.39 is 16.4 Å². The molecule has 0 amide bonds. The van der Waals surface area contributed by atoms with Crippen LogP contribution < -0.4 is 15.4 Å². The lowest BCUT2D eigenvalue weighted by Gasteiger charge is -2.14. The number of ether oxygens (including phenoxy) is 1. The number of guanidine groups is 1. The molecule has 27 heavy (non-hydrogen) atoms. The highest BCUT2D eigenvalue weighted by atomic mass is 32.2. The smallest absolute Gasteiger partial charge is 0.387 e. The Bertz CT molecular complexity index is 885. The number of sulfone groups is 1. The Labute approximate surface area is 157 Å². The van der Waals surface area contributed by atoms with Gasteiger partial charge < -0.3 is 15.4 Å². The van der Waals surface area contributed by atoms with Gasteiger partial charge in [-0.15, -0.1) is 0 Å². The van der Waals surface area contributed by atoms with Crippen LogP contribution in [-0.4, -0.2) is 34.3 Å². The highest BCUT2D eigenvalue weighted by molar-refractivity contribution is 7.90. The summed E-state index contributed by atoms with van der Waals surface area (Å²) in [4.78, 5) is 4.33. The van der Waals surface area contributed by atoms with Crippen LogP contribution in [0.2, 0.25) is 0 Å². The van der Waals surface area contributed by atoms with E-state index in [0.717, 1.165) is 11.8 Å². The zero-order chi connectivity index (χ0) is 19.9. The second-order valence-electron chi connectivity index (χ2n) is 5.68. The molecule has 0 atom stereocenters. The molecule has 2 rings (SSSR count). The van der Waals surface area contributed by atoms with Crippen LogP contribution in [0.3, 0.4) is 0 Å². The van der Waals surface area contributed by atoms with Gasteiger partial charge in [-0.2, -0.15) is 8.78 Å². The van der Waals surface area contributed by atoms with E-state index in [1.54, 1.807) is 49.5 Å². The fourth-order valence-corrected chi connectivity index (χ4v) is 2.93. The summed E-state index contributed by atoms with van der Waals surface area (Å²) >= 11 is 0. The number of benzene rings is 2. The Balaban J connectivity index is 1.93. The maximum absolute atomic E-state index is 12.5. The lowest BCUT2D eigenvalue weighted by molar-refractivity contribution is -0.0504. The van der Waals surface area contributed by atoms with E-state index in [0.29, 0.717) is 18.1 Å². The fraction of sp³-hybridized carbons (Fsp3) is 0.278. The molecular formula is C18H21F2N3O3S. The van der Waals surface area contributed by atoms with Crippen molar-refractivity contribution < 1.29 is 21.9 Å². The summed E-state index contributed by atoms with van der Waals surface area (Å²) in [5.41, 5.74) is 1.44. The third kappa shape index (κ3) is 6.52. The van der Waals surface area contributed by atoms with Gasteiger partial charge in [0.1, 0.15) is 5.75 Å². The molecule has 0 heterocycles. The van der Waals surface area contributed by atoms with Crippen LogP contribution >= 0.6 is 0 Å². The Kier molecular flexibility index (Phi) is 7.12. The van der Waals surface area contributed by atoms with Gasteiger partial charge >= 0.3 is 6.61 Å². The van der Waals surface area contributed by atoms with Crippen molar-refractivity contribution in [2.45, 2.75) is 24.6 Å². The number of halogens is 2. The zero-order valence-corrected chi connectivity index (χ0v) is 15.8. The average molecular weight is 397 g/mol. The first-order valence-electron chi connectivity index (χ1n) is 8.06. The monoisotopic (exact) mass is 397 g/mol. The van der Waals surface area contributed by atoms with E-state index in [9.17, 15) is 17.2 Å². The number of hydrogen-bond donors (Lipinski definition) is 2. The molecule has 0 radical (unpaired) electrons. The van der Waals surface area contributed by atoms with E-state index in [-0.39, 0.29) is 17.2 Å². The van der Waals surface area contributed by atoms with Crippen molar-refractivity contribution in [1.29, 1.82) is 0 Å². The highest BCUT2D eigenvalue weighted by Gasteiger charge is 2.10. The topological polar surface area (TPSA) is 79.8 Å². The standard InChI is InChI=1S/C18H21F2N3O3S/c1-21-18(22-11-13-7-9-15(10-8-13)27(2,24)25)23-12-14-5-3-4-6-16(14)26-17(19)20/h3-10,17H,11-12H2,1-2H3,(H2,21,22,23). The quantitative estimate of drug-likeness (QED) is 0.555. The normalized spacial score (nSPS) is 12.1. The van der Waals surface area contributed by atoms with Gasteiger partial charge in [-0.3, -0.25) is 4.99 Å². The largest absolute Gasteiger partial charge is 0.434 e. The number of para-hydroxylation sites is 1. The molecule has 0 aliphatic carbocycles. The van der Waals surface area contributed by atoms with E-state index in [1.165, 1.54) is 6.07 Å². The van der Waals surface area contributed by atoms with E-state index in [2.05, 4.69) is 20.4 Å². The predicted molar refractivity (Wildman–Crippen MR) is 99.7 cm³/mol. The predicted octanol–water partition coefficient (Wildman–Crippen LogP) is 2.56. The van der Waals surface area contributed by atoms with Crippen molar-refractivity contribution >= 4 is 15.8 Å². The molecular weight excluding hydrogens is 376 g/mol. The van der Waals surface area contributed by atoms with Crippen LogP contribution in [0.25, 0.3) is 0 Å². The van der Waals surface area contributed by atoms with Crippen LogP contribution in [0.1, 0.15) is 11.1 Å². The van der Waals surface area contributed by atoms with Gasteiger partial charge in [-0.1, -0.05) is 30.3 Å². The molecule has 0 unspecified atom stereocenters. The van der Waals surface area contributed by atoms with Crippen molar-refractivity contribution in [3.05, 3.63) is 59.7 Å². The number of nitrogens with zero attached hydrogens (tertiary/aromatic N) is 1. The Hall–Kier alpha value is -2.68. The summed E-state index contributed by atoms with van der Waals surface area (Å²) in [6.07, 6.45) is 1.15. The van der Waals surface area contributed by atoms with Crippen molar-refractivity contribution in [3.63, 3.8) is 0 Å². The molecule has 2 N–H and O–H groups in total. The summed E-state index contributed by atoms with van der Waals surface area (Å²) in [7, 11) is -1.64. The lowest BCUT2D eigenvalue weighted by atomic mass is 10.2. The highest BCUT2D eigenvalue weighted by Crippen LogP contribution is 2.19. The number of aliphatic imine (C=N–C) groups is 1. The molecule has 0 spiro atoms. The molecule has 0 saturated heterocycles. The van der Waals surface area contributed by atoms with Crippen molar-refractivity contribution in [1.82, 2.24) is 10.6 Å². The number of hydrogen-bond acceptors (Lipinski definition) is 4. The molecule has 0 aliphatic rings. The molecule has 9 heteroatoms. The van der Waals surface area contributed by atoms with Gasteiger partial charge in [0.15, 0.2) is 15.8 Å². The van der Waals surface area contributed by atoms with Gasteiger partial charge in [0.25, 0.3) is 0 Å². The number of nitrogens with one attached hydrogen (secondary N) is 2. The van der Waals surface area contributed by atoms with Crippen molar-refractivity contribution in [2.24, 2.45) is 4.99 Å². The molecule has 2 aromatic rings. The van der Waals surface area contributed by atoms with Gasteiger partial charge in [0.2, 0.25) is 0 Å². The first-order chi connectivity index (χ1) is 12.8. The number of rotatable bonds is 7. The summed E-state index contributed by atoms with van der Waals surface area (Å²) < 4.78 is 52.4.